The number of ether oxygens (including phenoxy) is 1. The number of benzene rings is 1. The molecule has 0 saturated heterocycles. The average molecular weight is 254 g/mol. The van der Waals surface area contributed by atoms with Gasteiger partial charge in [0, 0.05) is 17.5 Å². The summed E-state index contributed by atoms with van der Waals surface area (Å²) < 4.78 is 10.6. The summed E-state index contributed by atoms with van der Waals surface area (Å²) in [5.74, 6) is 0.881. The van der Waals surface area contributed by atoms with Gasteiger partial charge in [-0.2, -0.15) is 0 Å². The molecule has 19 heavy (non-hydrogen) atoms. The van der Waals surface area contributed by atoms with Crippen LogP contribution in [0.1, 0.15) is 28.4 Å². The smallest absolute Gasteiger partial charge is 0.185 e. The monoisotopic (exact) mass is 254 g/mol. The van der Waals surface area contributed by atoms with Gasteiger partial charge in [0.25, 0.3) is 0 Å². The molecule has 0 bridgehead atoms. The number of allylic oxidation sites excluding steroid dienone is 1. The molecule has 1 atom stereocenters. The number of furan rings is 1. The Labute approximate surface area is 111 Å². The fourth-order valence-corrected chi connectivity index (χ4v) is 2.21. The summed E-state index contributed by atoms with van der Waals surface area (Å²) in [6.07, 6.45) is 7.55. The zero-order valence-electron chi connectivity index (χ0n) is 10.6. The number of hydrogen-bond donors (Lipinski definition) is 0. The van der Waals surface area contributed by atoms with Crippen molar-refractivity contribution in [2.75, 3.05) is 0 Å². The number of ketones is 1. The number of rotatable bonds is 3. The molecule has 0 aliphatic carbocycles. The van der Waals surface area contributed by atoms with E-state index in [4.69, 9.17) is 9.15 Å². The van der Waals surface area contributed by atoms with Crippen LogP contribution in [-0.2, 0) is 6.42 Å². The van der Waals surface area contributed by atoms with E-state index in [0.717, 1.165) is 23.3 Å². The Morgan fingerprint density at radius 3 is 3.05 bits per heavy atom. The topological polar surface area (TPSA) is 39.4 Å². The molecule has 1 unspecified atom stereocenters. The number of fused-ring (bicyclic) bond motifs is 1. The highest BCUT2D eigenvalue weighted by Crippen LogP contribution is 2.29. The quantitative estimate of drug-likeness (QED) is 0.621. The number of carbonyl (C=O) groups excluding carboxylic acids is 1. The molecular formula is C16H14O3. The summed E-state index contributed by atoms with van der Waals surface area (Å²) in [5, 5.41) is 0. The molecule has 1 aromatic heterocycles. The van der Waals surface area contributed by atoms with E-state index in [2.05, 4.69) is 0 Å². The Balaban J connectivity index is 1.79. The molecule has 0 spiro atoms. The number of hydrogen-bond acceptors (Lipinski definition) is 3. The normalized spacial score (nSPS) is 17.4. The zero-order valence-corrected chi connectivity index (χ0v) is 10.6. The number of carbonyl (C=O) groups is 1. The largest absolute Gasteiger partial charge is 0.490 e. The summed E-state index contributed by atoms with van der Waals surface area (Å²) in [4.78, 5) is 12.1. The second kappa shape index (κ2) is 4.76. The SMILES string of the molecule is CC1Cc2cc(C(=O)/C=C/c3ccoc3)ccc2O1. The fraction of sp³-hybridized carbons (Fsp3) is 0.188. The Kier molecular flexibility index (Phi) is 2.95. The molecule has 0 N–H and O–H groups in total. The van der Waals surface area contributed by atoms with Crippen molar-refractivity contribution in [2.24, 2.45) is 0 Å². The predicted octanol–water partition coefficient (Wildman–Crippen LogP) is 3.50. The van der Waals surface area contributed by atoms with Gasteiger partial charge in [-0.15, -0.1) is 0 Å². The summed E-state index contributed by atoms with van der Waals surface area (Å²) in [6.45, 7) is 2.03. The second-order valence-electron chi connectivity index (χ2n) is 4.71. The molecule has 0 amide bonds. The van der Waals surface area contributed by atoms with Gasteiger partial charge in [0.15, 0.2) is 5.78 Å². The lowest BCUT2D eigenvalue weighted by atomic mass is 10.0. The first-order chi connectivity index (χ1) is 9.22. The highest BCUT2D eigenvalue weighted by molar-refractivity contribution is 6.07. The van der Waals surface area contributed by atoms with Gasteiger partial charge in [0.1, 0.15) is 11.9 Å². The fourth-order valence-electron chi connectivity index (χ4n) is 2.21. The molecule has 1 aliphatic rings. The van der Waals surface area contributed by atoms with Gasteiger partial charge in [-0.05, 0) is 48.9 Å². The van der Waals surface area contributed by atoms with Crippen LogP contribution in [0.5, 0.6) is 5.75 Å². The maximum absolute atomic E-state index is 12.1. The molecular weight excluding hydrogens is 240 g/mol. The molecule has 1 aliphatic heterocycles. The zero-order chi connectivity index (χ0) is 13.2. The molecule has 2 aromatic rings. The third-order valence-corrected chi connectivity index (χ3v) is 3.15. The first-order valence-electron chi connectivity index (χ1n) is 6.26. The predicted molar refractivity (Wildman–Crippen MR) is 72.3 cm³/mol. The summed E-state index contributed by atoms with van der Waals surface area (Å²) in [6, 6.07) is 7.40. The molecule has 3 heteroatoms. The van der Waals surface area contributed by atoms with Gasteiger partial charge in [0.05, 0.1) is 12.5 Å². The van der Waals surface area contributed by atoms with Crippen molar-refractivity contribution in [1.82, 2.24) is 0 Å². The van der Waals surface area contributed by atoms with E-state index in [0.29, 0.717) is 5.56 Å². The lowest BCUT2D eigenvalue weighted by Crippen LogP contribution is -2.05. The van der Waals surface area contributed by atoms with E-state index in [9.17, 15) is 4.79 Å². The first kappa shape index (κ1) is 11.8. The highest BCUT2D eigenvalue weighted by atomic mass is 16.5. The van der Waals surface area contributed by atoms with E-state index in [1.54, 1.807) is 30.7 Å². The standard InChI is InChI=1S/C16H14O3/c1-11-8-14-9-13(3-5-16(14)19-11)15(17)4-2-12-6-7-18-10-12/h2-7,9-11H,8H2,1H3/b4-2+. The van der Waals surface area contributed by atoms with Crippen molar-refractivity contribution in [3.05, 3.63) is 59.6 Å². The van der Waals surface area contributed by atoms with E-state index in [1.165, 1.54) is 0 Å². The second-order valence-corrected chi connectivity index (χ2v) is 4.71. The van der Waals surface area contributed by atoms with Gasteiger partial charge in [0.2, 0.25) is 0 Å². The molecule has 3 nitrogen and oxygen atoms in total. The van der Waals surface area contributed by atoms with Crippen LogP contribution in [0.2, 0.25) is 0 Å². The molecule has 0 radical (unpaired) electrons. The van der Waals surface area contributed by atoms with Crippen LogP contribution in [0.15, 0.2) is 47.3 Å². The molecule has 0 saturated carbocycles. The van der Waals surface area contributed by atoms with E-state index < -0.39 is 0 Å². The minimum absolute atomic E-state index is 0.0106. The molecule has 96 valence electrons. The van der Waals surface area contributed by atoms with Gasteiger partial charge in [-0.1, -0.05) is 0 Å². The minimum Gasteiger partial charge on any atom is -0.490 e. The van der Waals surface area contributed by atoms with Crippen molar-refractivity contribution in [2.45, 2.75) is 19.4 Å². The third kappa shape index (κ3) is 2.45. The van der Waals surface area contributed by atoms with Crippen LogP contribution in [0.4, 0.5) is 0 Å². The Hall–Kier alpha value is -2.29. The lowest BCUT2D eigenvalue weighted by Gasteiger charge is -2.02. The van der Waals surface area contributed by atoms with E-state index in [-0.39, 0.29) is 11.9 Å². The molecule has 3 rings (SSSR count). The highest BCUT2D eigenvalue weighted by Gasteiger charge is 2.19. The van der Waals surface area contributed by atoms with E-state index in [1.807, 2.05) is 25.1 Å². The maximum atomic E-state index is 12.1. The Morgan fingerprint density at radius 2 is 2.26 bits per heavy atom. The van der Waals surface area contributed by atoms with Crippen molar-refractivity contribution in [3.8, 4) is 5.75 Å². The van der Waals surface area contributed by atoms with Crippen LogP contribution >= 0.6 is 0 Å². The maximum Gasteiger partial charge on any atom is 0.185 e. The molecule has 2 heterocycles. The minimum atomic E-state index is -0.0106. The van der Waals surface area contributed by atoms with Crippen molar-refractivity contribution >= 4 is 11.9 Å². The Bertz CT molecular complexity index is 623. The molecule has 0 fully saturated rings. The first-order valence-corrected chi connectivity index (χ1v) is 6.26. The summed E-state index contributed by atoms with van der Waals surface area (Å²) in [5.41, 5.74) is 2.68. The van der Waals surface area contributed by atoms with Gasteiger partial charge >= 0.3 is 0 Å². The van der Waals surface area contributed by atoms with Crippen LogP contribution in [-0.4, -0.2) is 11.9 Å². The van der Waals surface area contributed by atoms with Crippen LogP contribution in [0.3, 0.4) is 0 Å². The van der Waals surface area contributed by atoms with Crippen molar-refractivity contribution in [1.29, 1.82) is 0 Å². The van der Waals surface area contributed by atoms with E-state index >= 15 is 0 Å². The van der Waals surface area contributed by atoms with Gasteiger partial charge in [-0.3, -0.25) is 4.79 Å². The average Bonchev–Trinajstić information content (AvgIpc) is 3.02. The van der Waals surface area contributed by atoms with Crippen LogP contribution < -0.4 is 4.74 Å². The lowest BCUT2D eigenvalue weighted by molar-refractivity contribution is 0.104. The van der Waals surface area contributed by atoms with Crippen LogP contribution in [0.25, 0.3) is 6.08 Å². The van der Waals surface area contributed by atoms with Gasteiger partial charge in [-0.25, -0.2) is 0 Å². The summed E-state index contributed by atoms with van der Waals surface area (Å²) in [7, 11) is 0. The van der Waals surface area contributed by atoms with Gasteiger partial charge < -0.3 is 9.15 Å². The third-order valence-electron chi connectivity index (χ3n) is 3.15. The van der Waals surface area contributed by atoms with Crippen molar-refractivity contribution in [3.63, 3.8) is 0 Å². The van der Waals surface area contributed by atoms with Crippen molar-refractivity contribution < 1.29 is 13.9 Å². The van der Waals surface area contributed by atoms with Crippen LogP contribution in [0, 0.1) is 0 Å². The Morgan fingerprint density at radius 1 is 1.37 bits per heavy atom. The summed E-state index contributed by atoms with van der Waals surface area (Å²) >= 11 is 0. The molecule has 1 aromatic carbocycles.